The number of rotatable bonds is 4. The molecule has 0 bridgehead atoms. The van der Waals surface area contributed by atoms with Gasteiger partial charge in [-0.3, -0.25) is 14.5 Å². The van der Waals surface area contributed by atoms with Gasteiger partial charge >= 0.3 is 0 Å². The second-order valence-electron chi connectivity index (χ2n) is 9.41. The molecule has 1 atom stereocenters. The van der Waals surface area contributed by atoms with Crippen LogP contribution in [0.1, 0.15) is 63.5 Å². The number of carbonyl (C=O) groups excluding carboxylic acids is 2. The van der Waals surface area contributed by atoms with Gasteiger partial charge in [0.05, 0.1) is 29.6 Å². The second kappa shape index (κ2) is 8.36. The molecule has 37 heavy (non-hydrogen) atoms. The molecule has 6 rings (SSSR count). The van der Waals surface area contributed by atoms with E-state index in [-0.39, 0.29) is 17.4 Å². The van der Waals surface area contributed by atoms with Crippen molar-refractivity contribution in [2.24, 2.45) is 5.73 Å². The lowest BCUT2D eigenvalue weighted by Gasteiger charge is -2.36. The maximum atomic E-state index is 14.1. The van der Waals surface area contributed by atoms with Crippen LogP contribution in [0.25, 0.3) is 16.8 Å². The summed E-state index contributed by atoms with van der Waals surface area (Å²) in [5.74, 6) is -0.248. The Morgan fingerprint density at radius 3 is 2.54 bits per heavy atom. The van der Waals surface area contributed by atoms with Crippen molar-refractivity contribution in [3.8, 4) is 22.6 Å². The molecule has 3 aromatic carbocycles. The van der Waals surface area contributed by atoms with E-state index in [9.17, 15) is 9.59 Å². The lowest BCUT2D eigenvalue weighted by Crippen LogP contribution is -2.33. The van der Waals surface area contributed by atoms with Crippen molar-refractivity contribution < 1.29 is 14.3 Å². The van der Waals surface area contributed by atoms with Crippen molar-refractivity contribution >= 4 is 40.7 Å². The first-order valence-electron chi connectivity index (χ1n) is 11.8. The summed E-state index contributed by atoms with van der Waals surface area (Å²) in [5, 5.41) is 5.68. The largest absolute Gasteiger partial charge is 0.494 e. The zero-order chi connectivity index (χ0) is 26.2. The van der Waals surface area contributed by atoms with E-state index in [1.54, 1.807) is 28.8 Å². The van der Waals surface area contributed by atoms with Crippen LogP contribution < -0.4 is 15.4 Å². The average molecular weight is 533 g/mol. The van der Waals surface area contributed by atoms with Crippen LogP contribution in [0.2, 0.25) is 10.0 Å². The Kier molecular flexibility index (Phi) is 5.33. The van der Waals surface area contributed by atoms with Crippen molar-refractivity contribution in [1.29, 1.82) is 0 Å². The zero-order valence-corrected chi connectivity index (χ0v) is 21.8. The molecule has 0 saturated heterocycles. The minimum absolute atomic E-state index is 0.0200. The Hall–Kier alpha value is -3.81. The van der Waals surface area contributed by atoms with Crippen molar-refractivity contribution in [1.82, 2.24) is 9.78 Å². The summed E-state index contributed by atoms with van der Waals surface area (Å²) >= 11 is 13.1. The number of ether oxygens (including phenoxy) is 1. The lowest BCUT2D eigenvalue weighted by atomic mass is 9.85. The number of methoxy groups -OCH3 is 1. The number of nitrogens with zero attached hydrogens (tertiary/aromatic N) is 3. The third-order valence-electron chi connectivity index (χ3n) is 6.97. The van der Waals surface area contributed by atoms with Crippen LogP contribution in [-0.4, -0.2) is 28.7 Å². The van der Waals surface area contributed by atoms with Crippen molar-refractivity contribution in [2.75, 3.05) is 12.0 Å². The standard InChI is InChI=1S/C28H22Cl2N4O3/c1-13(2)25-23-24(32-34(25)19-6-4-5-7-21(19)37-3)28(36)33-20-11-14(27(31)35)10-18(30)22(20)17-12-15(29)8-9-16(17)26(23)33/h4-13,26H,1-3H3,(H2,31,35). The molecular weight excluding hydrogens is 511 g/mol. The van der Waals surface area contributed by atoms with E-state index in [1.165, 1.54) is 6.07 Å². The van der Waals surface area contributed by atoms with Gasteiger partial charge in [-0.2, -0.15) is 5.10 Å². The molecule has 2 amide bonds. The monoisotopic (exact) mass is 532 g/mol. The Labute approximate surface area is 223 Å². The van der Waals surface area contributed by atoms with Crippen molar-refractivity contribution in [3.05, 3.63) is 92.7 Å². The molecule has 0 spiro atoms. The minimum atomic E-state index is -0.633. The Bertz CT molecular complexity index is 1640. The van der Waals surface area contributed by atoms with E-state index in [2.05, 4.69) is 13.8 Å². The number of para-hydroxylation sites is 2. The fraction of sp³-hybridized carbons (Fsp3) is 0.179. The molecular formula is C28H22Cl2N4O3. The molecule has 2 aliphatic heterocycles. The smallest absolute Gasteiger partial charge is 0.280 e. The van der Waals surface area contributed by atoms with Crippen LogP contribution in [0, 0.1) is 0 Å². The fourth-order valence-corrected chi connectivity index (χ4v) is 5.98. The number of nitrogens with two attached hydrogens (primary N) is 1. The maximum absolute atomic E-state index is 14.1. The summed E-state index contributed by atoms with van der Waals surface area (Å²) in [4.78, 5) is 27.8. The highest BCUT2D eigenvalue weighted by Gasteiger charge is 2.49. The van der Waals surface area contributed by atoms with Gasteiger partial charge in [0.2, 0.25) is 5.91 Å². The van der Waals surface area contributed by atoms with Crippen LogP contribution >= 0.6 is 23.2 Å². The number of halogens is 2. The predicted molar refractivity (Wildman–Crippen MR) is 143 cm³/mol. The van der Waals surface area contributed by atoms with Gasteiger partial charge in [0, 0.05) is 21.7 Å². The molecule has 9 heteroatoms. The van der Waals surface area contributed by atoms with E-state index in [0.717, 1.165) is 28.1 Å². The summed E-state index contributed by atoms with van der Waals surface area (Å²) in [7, 11) is 1.61. The number of aromatic nitrogens is 2. The van der Waals surface area contributed by atoms with Gasteiger partial charge in [-0.1, -0.05) is 55.2 Å². The summed E-state index contributed by atoms with van der Waals surface area (Å²) < 4.78 is 7.41. The van der Waals surface area contributed by atoms with E-state index in [1.807, 2.05) is 36.4 Å². The lowest BCUT2D eigenvalue weighted by molar-refractivity contribution is 0.0981. The Morgan fingerprint density at radius 2 is 1.84 bits per heavy atom. The maximum Gasteiger partial charge on any atom is 0.280 e. The molecule has 1 unspecified atom stereocenters. The summed E-state index contributed by atoms with van der Waals surface area (Å²) in [5.41, 5.74) is 11.4. The molecule has 3 heterocycles. The summed E-state index contributed by atoms with van der Waals surface area (Å²) in [6.07, 6.45) is 0. The number of carbonyl (C=O) groups is 2. The zero-order valence-electron chi connectivity index (χ0n) is 20.3. The molecule has 7 nitrogen and oxygen atoms in total. The quantitative estimate of drug-likeness (QED) is 0.341. The molecule has 0 fully saturated rings. The number of hydrogen-bond acceptors (Lipinski definition) is 4. The van der Waals surface area contributed by atoms with Gasteiger partial charge in [-0.25, -0.2) is 4.68 Å². The van der Waals surface area contributed by atoms with Crippen molar-refractivity contribution in [3.63, 3.8) is 0 Å². The highest BCUT2D eigenvalue weighted by molar-refractivity contribution is 6.36. The number of anilines is 1. The SMILES string of the molecule is COc1ccccc1-n1nc2c(c1C(C)C)C1c3ccc(Cl)cc3-c3c(Cl)cc(C(N)=O)cc3N1C2=O. The van der Waals surface area contributed by atoms with Crippen molar-refractivity contribution in [2.45, 2.75) is 25.8 Å². The van der Waals surface area contributed by atoms with Gasteiger partial charge in [0.25, 0.3) is 5.91 Å². The summed E-state index contributed by atoms with van der Waals surface area (Å²) in [6.45, 7) is 4.13. The van der Waals surface area contributed by atoms with E-state index in [0.29, 0.717) is 32.7 Å². The molecule has 2 N–H and O–H groups in total. The highest BCUT2D eigenvalue weighted by Crippen LogP contribution is 2.55. The van der Waals surface area contributed by atoms with Gasteiger partial charge in [0.15, 0.2) is 5.69 Å². The summed E-state index contributed by atoms with van der Waals surface area (Å²) in [6, 6.07) is 15.8. The molecule has 4 aromatic rings. The van der Waals surface area contributed by atoms with E-state index >= 15 is 0 Å². The number of amides is 2. The Balaban J connectivity index is 1.68. The molecule has 186 valence electrons. The Morgan fingerprint density at radius 1 is 1.08 bits per heavy atom. The van der Waals surface area contributed by atoms with Crippen LogP contribution in [-0.2, 0) is 0 Å². The first-order valence-corrected chi connectivity index (χ1v) is 12.5. The number of primary amides is 1. The molecule has 1 aromatic heterocycles. The first-order chi connectivity index (χ1) is 17.7. The van der Waals surface area contributed by atoms with E-state index < -0.39 is 11.9 Å². The topological polar surface area (TPSA) is 90.4 Å². The van der Waals surface area contributed by atoms with Gasteiger partial charge in [-0.05, 0) is 53.4 Å². The van der Waals surface area contributed by atoms with Gasteiger partial charge in [0.1, 0.15) is 11.4 Å². The molecule has 0 aliphatic carbocycles. The van der Waals surface area contributed by atoms with Crippen LogP contribution in [0.3, 0.4) is 0 Å². The normalized spacial score (nSPS) is 15.4. The third-order valence-corrected chi connectivity index (χ3v) is 7.50. The predicted octanol–water partition coefficient (Wildman–Crippen LogP) is 6.14. The number of fused-ring (bicyclic) bond motifs is 8. The number of benzene rings is 3. The minimum Gasteiger partial charge on any atom is -0.494 e. The average Bonchev–Trinajstić information content (AvgIpc) is 3.39. The van der Waals surface area contributed by atoms with E-state index in [4.69, 9.17) is 38.8 Å². The number of hydrogen-bond donors (Lipinski definition) is 1. The first kappa shape index (κ1) is 23.6. The highest BCUT2D eigenvalue weighted by atomic mass is 35.5. The van der Waals surface area contributed by atoms with Crippen LogP contribution in [0.15, 0.2) is 54.6 Å². The second-order valence-corrected chi connectivity index (χ2v) is 10.3. The van der Waals surface area contributed by atoms with Crippen LogP contribution in [0.4, 0.5) is 5.69 Å². The van der Waals surface area contributed by atoms with Gasteiger partial charge in [-0.15, -0.1) is 0 Å². The molecule has 2 aliphatic rings. The third kappa shape index (κ3) is 3.31. The fourth-order valence-electron chi connectivity index (χ4n) is 5.49. The molecule has 0 saturated carbocycles. The van der Waals surface area contributed by atoms with Crippen LogP contribution in [0.5, 0.6) is 5.75 Å². The molecule has 0 radical (unpaired) electrons. The van der Waals surface area contributed by atoms with Gasteiger partial charge < -0.3 is 10.5 Å².